The highest BCUT2D eigenvalue weighted by Gasteiger charge is 2.23. The number of amides is 1. The Morgan fingerprint density at radius 2 is 2.00 bits per heavy atom. The van der Waals surface area contributed by atoms with Crippen LogP contribution in [-0.4, -0.2) is 53.7 Å². The van der Waals surface area contributed by atoms with Crippen LogP contribution in [0.1, 0.15) is 6.92 Å². The van der Waals surface area contributed by atoms with E-state index < -0.39 is 0 Å². The van der Waals surface area contributed by atoms with Gasteiger partial charge in [-0.25, -0.2) is 9.78 Å². The van der Waals surface area contributed by atoms with E-state index in [0.717, 1.165) is 5.69 Å². The number of piperazine rings is 1. The molecule has 2 aromatic rings. The first kappa shape index (κ1) is 17.3. The maximum absolute atomic E-state index is 11.8. The lowest BCUT2D eigenvalue weighted by Crippen LogP contribution is -2.49. The van der Waals surface area contributed by atoms with E-state index in [-0.39, 0.29) is 6.09 Å². The van der Waals surface area contributed by atoms with Gasteiger partial charge in [-0.1, -0.05) is 23.7 Å². The van der Waals surface area contributed by atoms with Gasteiger partial charge in [0.05, 0.1) is 17.3 Å². The molecule has 1 fully saturated rings. The van der Waals surface area contributed by atoms with Gasteiger partial charge < -0.3 is 19.9 Å². The van der Waals surface area contributed by atoms with E-state index in [2.05, 4.69) is 15.3 Å². The number of ether oxygens (including phenoxy) is 1. The molecule has 0 spiro atoms. The Balaban J connectivity index is 1.64. The van der Waals surface area contributed by atoms with E-state index in [0.29, 0.717) is 49.6 Å². The van der Waals surface area contributed by atoms with E-state index in [1.807, 2.05) is 29.2 Å². The summed E-state index contributed by atoms with van der Waals surface area (Å²) in [5, 5.41) is 3.83. The third-order valence-corrected chi connectivity index (χ3v) is 4.20. The Bertz CT molecular complexity index is 734. The lowest BCUT2D eigenvalue weighted by molar-refractivity contribution is 0.105. The molecule has 132 valence electrons. The maximum atomic E-state index is 11.8. The minimum absolute atomic E-state index is 0.266. The molecule has 0 saturated carbocycles. The predicted molar refractivity (Wildman–Crippen MR) is 97.6 cm³/mol. The minimum Gasteiger partial charge on any atom is -0.450 e. The predicted octanol–water partition coefficient (Wildman–Crippen LogP) is 3.15. The lowest BCUT2D eigenvalue weighted by atomic mass is 10.3. The molecule has 25 heavy (non-hydrogen) atoms. The summed E-state index contributed by atoms with van der Waals surface area (Å²) in [5.74, 6) is 1.30. The van der Waals surface area contributed by atoms with Crippen molar-refractivity contribution in [2.24, 2.45) is 0 Å². The zero-order valence-corrected chi connectivity index (χ0v) is 14.7. The third kappa shape index (κ3) is 4.30. The number of hydrogen-bond acceptors (Lipinski definition) is 6. The number of para-hydroxylation sites is 1. The monoisotopic (exact) mass is 361 g/mol. The molecule has 1 aromatic heterocycles. The lowest BCUT2D eigenvalue weighted by Gasteiger charge is -2.34. The fraction of sp³-hybridized carbons (Fsp3) is 0.353. The van der Waals surface area contributed by atoms with Gasteiger partial charge in [0, 0.05) is 32.4 Å². The zero-order valence-electron chi connectivity index (χ0n) is 14.0. The largest absolute Gasteiger partial charge is 0.450 e. The summed E-state index contributed by atoms with van der Waals surface area (Å²) < 4.78 is 5.03. The van der Waals surface area contributed by atoms with Gasteiger partial charge in [0.25, 0.3) is 0 Å². The summed E-state index contributed by atoms with van der Waals surface area (Å²) in [6, 6.07) is 9.29. The van der Waals surface area contributed by atoms with Crippen molar-refractivity contribution in [2.45, 2.75) is 6.92 Å². The van der Waals surface area contributed by atoms with E-state index in [4.69, 9.17) is 16.3 Å². The van der Waals surface area contributed by atoms with Crippen molar-refractivity contribution in [1.29, 1.82) is 0 Å². The number of carbonyl (C=O) groups is 1. The summed E-state index contributed by atoms with van der Waals surface area (Å²) in [4.78, 5) is 24.4. The van der Waals surface area contributed by atoms with E-state index in [1.54, 1.807) is 24.1 Å². The first-order valence-corrected chi connectivity index (χ1v) is 8.56. The van der Waals surface area contributed by atoms with Crippen molar-refractivity contribution in [3.63, 3.8) is 0 Å². The van der Waals surface area contributed by atoms with Gasteiger partial charge in [0.1, 0.15) is 5.82 Å². The molecule has 1 aliphatic rings. The highest BCUT2D eigenvalue weighted by atomic mass is 35.5. The summed E-state index contributed by atoms with van der Waals surface area (Å²) >= 11 is 6.17. The van der Waals surface area contributed by atoms with Gasteiger partial charge in [0.2, 0.25) is 5.95 Å². The Hall–Kier alpha value is -2.54. The number of aromatic nitrogens is 2. The van der Waals surface area contributed by atoms with Crippen molar-refractivity contribution >= 4 is 35.1 Å². The number of hydrogen-bond donors (Lipinski definition) is 1. The standard InChI is InChI=1S/C17H20ClN5O2/c1-2-25-17(24)23-11-9-22(10-12-23)16-19-8-7-15(21-16)20-14-6-4-3-5-13(14)18/h3-8H,2,9-12H2,1H3,(H,19,20,21). The van der Waals surface area contributed by atoms with Crippen LogP contribution in [0.5, 0.6) is 0 Å². The molecular formula is C17H20ClN5O2. The fourth-order valence-corrected chi connectivity index (χ4v) is 2.76. The highest BCUT2D eigenvalue weighted by molar-refractivity contribution is 6.33. The number of rotatable bonds is 4. The van der Waals surface area contributed by atoms with E-state index >= 15 is 0 Å². The van der Waals surface area contributed by atoms with Crippen LogP contribution in [0.15, 0.2) is 36.5 Å². The number of halogens is 1. The van der Waals surface area contributed by atoms with Crippen LogP contribution in [0.3, 0.4) is 0 Å². The molecule has 0 radical (unpaired) electrons. The zero-order chi connectivity index (χ0) is 17.6. The van der Waals surface area contributed by atoms with Gasteiger partial charge in [-0.15, -0.1) is 0 Å². The Labute approximate surface area is 151 Å². The number of benzene rings is 1. The van der Waals surface area contributed by atoms with Crippen molar-refractivity contribution in [1.82, 2.24) is 14.9 Å². The van der Waals surface area contributed by atoms with Gasteiger partial charge in [-0.05, 0) is 25.1 Å². The molecule has 7 nitrogen and oxygen atoms in total. The summed E-state index contributed by atoms with van der Waals surface area (Å²) in [6.07, 6.45) is 1.44. The van der Waals surface area contributed by atoms with Crippen molar-refractivity contribution in [3.05, 3.63) is 41.6 Å². The van der Waals surface area contributed by atoms with Gasteiger partial charge >= 0.3 is 6.09 Å². The second-order valence-electron chi connectivity index (χ2n) is 5.52. The normalized spacial score (nSPS) is 14.3. The van der Waals surface area contributed by atoms with Gasteiger partial charge in [0.15, 0.2) is 0 Å². The molecule has 8 heteroatoms. The Morgan fingerprint density at radius 3 is 2.72 bits per heavy atom. The number of anilines is 3. The van der Waals surface area contributed by atoms with Crippen LogP contribution in [0.2, 0.25) is 5.02 Å². The number of nitrogens with one attached hydrogen (secondary N) is 1. The van der Waals surface area contributed by atoms with Crippen LogP contribution in [0.25, 0.3) is 0 Å². The Kier molecular flexibility index (Phi) is 5.55. The average molecular weight is 362 g/mol. The molecule has 1 amide bonds. The molecule has 0 aliphatic carbocycles. The molecule has 0 atom stereocenters. The second-order valence-corrected chi connectivity index (χ2v) is 5.93. The molecule has 1 aliphatic heterocycles. The van der Waals surface area contributed by atoms with Crippen molar-refractivity contribution < 1.29 is 9.53 Å². The SMILES string of the molecule is CCOC(=O)N1CCN(c2nccc(Nc3ccccc3Cl)n2)CC1. The number of carbonyl (C=O) groups excluding carboxylic acids is 1. The molecule has 0 unspecified atom stereocenters. The first-order chi connectivity index (χ1) is 12.2. The van der Waals surface area contributed by atoms with Crippen LogP contribution in [-0.2, 0) is 4.74 Å². The summed E-state index contributed by atoms with van der Waals surface area (Å²) in [5.41, 5.74) is 0.793. The average Bonchev–Trinajstić information content (AvgIpc) is 2.64. The number of nitrogens with zero attached hydrogens (tertiary/aromatic N) is 4. The molecule has 1 N–H and O–H groups in total. The highest BCUT2D eigenvalue weighted by Crippen LogP contribution is 2.24. The second kappa shape index (κ2) is 8.02. The van der Waals surface area contributed by atoms with Crippen LogP contribution in [0.4, 0.5) is 22.2 Å². The molecular weight excluding hydrogens is 342 g/mol. The van der Waals surface area contributed by atoms with Gasteiger partial charge in [-0.2, -0.15) is 4.98 Å². The first-order valence-electron chi connectivity index (χ1n) is 8.18. The van der Waals surface area contributed by atoms with Crippen LogP contribution in [0, 0.1) is 0 Å². The van der Waals surface area contributed by atoms with Crippen LogP contribution < -0.4 is 10.2 Å². The minimum atomic E-state index is -0.266. The third-order valence-electron chi connectivity index (χ3n) is 3.87. The maximum Gasteiger partial charge on any atom is 0.409 e. The molecule has 2 heterocycles. The fourth-order valence-electron chi connectivity index (χ4n) is 2.57. The molecule has 0 bridgehead atoms. The topological polar surface area (TPSA) is 70.6 Å². The van der Waals surface area contributed by atoms with Crippen molar-refractivity contribution in [2.75, 3.05) is 43.0 Å². The van der Waals surface area contributed by atoms with E-state index in [9.17, 15) is 4.79 Å². The van der Waals surface area contributed by atoms with Crippen molar-refractivity contribution in [3.8, 4) is 0 Å². The van der Waals surface area contributed by atoms with Crippen LogP contribution >= 0.6 is 11.6 Å². The quantitative estimate of drug-likeness (QED) is 0.902. The summed E-state index contributed by atoms with van der Waals surface area (Å²) in [6.45, 7) is 4.69. The molecule has 3 rings (SSSR count). The Morgan fingerprint density at radius 1 is 1.24 bits per heavy atom. The smallest absolute Gasteiger partial charge is 0.409 e. The molecule has 1 saturated heterocycles. The molecule has 1 aromatic carbocycles. The van der Waals surface area contributed by atoms with E-state index in [1.165, 1.54) is 0 Å². The van der Waals surface area contributed by atoms with Gasteiger partial charge in [-0.3, -0.25) is 0 Å². The summed E-state index contributed by atoms with van der Waals surface area (Å²) in [7, 11) is 0.